The summed E-state index contributed by atoms with van der Waals surface area (Å²) < 4.78 is 35.0. The third-order valence-electron chi connectivity index (χ3n) is 5.65. The van der Waals surface area contributed by atoms with Crippen LogP contribution in [0.1, 0.15) is 38.5 Å². The number of anilines is 1. The van der Waals surface area contributed by atoms with Gasteiger partial charge in [0.1, 0.15) is 11.3 Å². The zero-order valence-electron chi connectivity index (χ0n) is 16.3. The number of fused-ring (bicyclic) bond motifs is 3. The SMILES string of the molecule is CC(C)(C)[C@H]1CCc2oc3ccc(NS(=O)(=O)c4ccc(Br)cc4)cc3c2C1. The van der Waals surface area contributed by atoms with Crippen LogP contribution in [0.25, 0.3) is 11.0 Å². The van der Waals surface area contributed by atoms with Gasteiger partial charge in [-0.1, -0.05) is 36.7 Å². The molecule has 0 saturated carbocycles. The highest BCUT2D eigenvalue weighted by molar-refractivity contribution is 9.10. The fraction of sp³-hybridized carbons (Fsp3) is 0.364. The van der Waals surface area contributed by atoms with Gasteiger partial charge in [-0.2, -0.15) is 0 Å². The largest absolute Gasteiger partial charge is 0.461 e. The maximum Gasteiger partial charge on any atom is 0.261 e. The first-order chi connectivity index (χ1) is 13.1. The molecule has 0 spiro atoms. The predicted molar refractivity (Wildman–Crippen MR) is 116 cm³/mol. The van der Waals surface area contributed by atoms with Crippen molar-refractivity contribution in [1.29, 1.82) is 0 Å². The number of hydrogen-bond acceptors (Lipinski definition) is 3. The van der Waals surface area contributed by atoms with E-state index in [2.05, 4.69) is 41.4 Å². The average molecular weight is 462 g/mol. The van der Waals surface area contributed by atoms with Crippen molar-refractivity contribution in [1.82, 2.24) is 0 Å². The molecule has 3 aromatic rings. The van der Waals surface area contributed by atoms with Gasteiger partial charge in [-0.15, -0.1) is 0 Å². The highest BCUT2D eigenvalue weighted by Crippen LogP contribution is 2.41. The molecule has 2 aromatic carbocycles. The molecule has 1 aliphatic rings. The number of hydrogen-bond donors (Lipinski definition) is 1. The highest BCUT2D eigenvalue weighted by atomic mass is 79.9. The van der Waals surface area contributed by atoms with Gasteiger partial charge in [0.05, 0.1) is 4.90 Å². The second-order valence-electron chi connectivity index (χ2n) is 8.58. The molecule has 4 rings (SSSR count). The molecule has 1 aliphatic carbocycles. The average Bonchev–Trinajstić information content (AvgIpc) is 2.98. The van der Waals surface area contributed by atoms with Crippen molar-refractivity contribution in [2.45, 2.75) is 44.9 Å². The van der Waals surface area contributed by atoms with Crippen LogP contribution < -0.4 is 4.72 Å². The van der Waals surface area contributed by atoms with E-state index in [1.807, 2.05) is 12.1 Å². The van der Waals surface area contributed by atoms with Crippen LogP contribution in [-0.2, 0) is 22.9 Å². The van der Waals surface area contributed by atoms with Crippen LogP contribution in [0.4, 0.5) is 5.69 Å². The van der Waals surface area contributed by atoms with Crippen molar-refractivity contribution < 1.29 is 12.8 Å². The van der Waals surface area contributed by atoms with E-state index in [0.29, 0.717) is 11.6 Å². The molecule has 4 nitrogen and oxygen atoms in total. The smallest absolute Gasteiger partial charge is 0.261 e. The molecule has 0 bridgehead atoms. The second kappa shape index (κ2) is 6.92. The molecular formula is C22H24BrNO3S. The molecule has 0 amide bonds. The Hall–Kier alpha value is -1.79. The Bertz CT molecular complexity index is 1130. The van der Waals surface area contributed by atoms with E-state index in [4.69, 9.17) is 4.42 Å². The molecule has 0 unspecified atom stereocenters. The molecule has 0 aliphatic heterocycles. The Morgan fingerprint density at radius 3 is 2.50 bits per heavy atom. The van der Waals surface area contributed by atoms with Crippen molar-refractivity contribution in [2.24, 2.45) is 11.3 Å². The van der Waals surface area contributed by atoms with Crippen molar-refractivity contribution in [3.8, 4) is 0 Å². The third kappa shape index (κ3) is 3.72. The van der Waals surface area contributed by atoms with Crippen molar-refractivity contribution in [3.63, 3.8) is 0 Å². The number of benzene rings is 2. The minimum atomic E-state index is -3.64. The second-order valence-corrected chi connectivity index (χ2v) is 11.2. The van der Waals surface area contributed by atoms with E-state index >= 15 is 0 Å². The van der Waals surface area contributed by atoms with Crippen LogP contribution in [0.3, 0.4) is 0 Å². The van der Waals surface area contributed by atoms with E-state index in [0.717, 1.165) is 40.5 Å². The Morgan fingerprint density at radius 2 is 1.82 bits per heavy atom. The number of halogens is 1. The normalized spacial score (nSPS) is 17.5. The molecule has 6 heteroatoms. The summed E-state index contributed by atoms with van der Waals surface area (Å²) in [5.41, 5.74) is 2.84. The molecule has 1 aromatic heterocycles. The maximum atomic E-state index is 12.7. The van der Waals surface area contributed by atoms with E-state index in [1.54, 1.807) is 30.3 Å². The van der Waals surface area contributed by atoms with Crippen LogP contribution in [0.15, 0.2) is 56.2 Å². The number of nitrogens with one attached hydrogen (secondary N) is 1. The van der Waals surface area contributed by atoms with E-state index in [9.17, 15) is 8.42 Å². The molecular weight excluding hydrogens is 438 g/mol. The molecule has 1 N–H and O–H groups in total. The number of sulfonamides is 1. The van der Waals surface area contributed by atoms with Gasteiger partial charge in [-0.05, 0) is 66.6 Å². The van der Waals surface area contributed by atoms with Gasteiger partial charge in [0.15, 0.2) is 0 Å². The zero-order valence-corrected chi connectivity index (χ0v) is 18.7. The number of rotatable bonds is 3. The van der Waals surface area contributed by atoms with Gasteiger partial charge in [0, 0.05) is 27.5 Å². The first kappa shape index (κ1) is 19.5. The van der Waals surface area contributed by atoms with Crippen LogP contribution in [0.5, 0.6) is 0 Å². The standard InChI is InChI=1S/C22H24BrNO3S/c1-22(2,3)14-4-10-20-18(12-14)19-13-16(7-11-21(19)27-20)24-28(25,26)17-8-5-15(23)6-9-17/h5-9,11,13-14,24H,4,10,12H2,1-3H3/t14-/m0/s1. The predicted octanol–water partition coefficient (Wildman–Crippen LogP) is 6.15. The Labute approximate surface area is 174 Å². The quantitative estimate of drug-likeness (QED) is 0.508. The molecule has 1 heterocycles. The summed E-state index contributed by atoms with van der Waals surface area (Å²) >= 11 is 3.33. The van der Waals surface area contributed by atoms with Crippen molar-refractivity contribution >= 4 is 42.6 Å². The van der Waals surface area contributed by atoms with Crippen LogP contribution >= 0.6 is 15.9 Å². The molecule has 0 saturated heterocycles. The van der Waals surface area contributed by atoms with Crippen LogP contribution in [0.2, 0.25) is 0 Å². The summed E-state index contributed by atoms with van der Waals surface area (Å²) in [5.74, 6) is 1.63. The van der Waals surface area contributed by atoms with E-state index in [-0.39, 0.29) is 10.3 Å². The minimum Gasteiger partial charge on any atom is -0.461 e. The Balaban J connectivity index is 1.68. The zero-order chi connectivity index (χ0) is 20.1. The Morgan fingerprint density at radius 1 is 1.11 bits per heavy atom. The van der Waals surface area contributed by atoms with Gasteiger partial charge in [0.2, 0.25) is 0 Å². The molecule has 1 atom stereocenters. The lowest BCUT2D eigenvalue weighted by Crippen LogP contribution is -2.26. The molecule has 0 radical (unpaired) electrons. The summed E-state index contributed by atoms with van der Waals surface area (Å²) in [7, 11) is -3.64. The van der Waals surface area contributed by atoms with Crippen LogP contribution in [-0.4, -0.2) is 8.42 Å². The number of aryl methyl sites for hydroxylation is 1. The lowest BCUT2D eigenvalue weighted by atomic mass is 9.71. The van der Waals surface area contributed by atoms with Gasteiger partial charge in [0.25, 0.3) is 10.0 Å². The first-order valence-corrected chi connectivity index (χ1v) is 11.7. The highest BCUT2D eigenvalue weighted by Gasteiger charge is 2.31. The summed E-state index contributed by atoms with van der Waals surface area (Å²) in [6, 6.07) is 12.1. The van der Waals surface area contributed by atoms with Gasteiger partial charge in [-0.25, -0.2) is 8.42 Å². The number of furan rings is 1. The fourth-order valence-electron chi connectivity index (χ4n) is 3.91. The monoisotopic (exact) mass is 461 g/mol. The van der Waals surface area contributed by atoms with E-state index < -0.39 is 10.0 Å². The molecule has 148 valence electrons. The molecule has 28 heavy (non-hydrogen) atoms. The van der Waals surface area contributed by atoms with Gasteiger partial charge >= 0.3 is 0 Å². The summed E-state index contributed by atoms with van der Waals surface area (Å²) in [4.78, 5) is 0.234. The Kier molecular flexibility index (Phi) is 4.82. The summed E-state index contributed by atoms with van der Waals surface area (Å²) in [6.07, 6.45) is 3.03. The molecule has 0 fully saturated rings. The van der Waals surface area contributed by atoms with E-state index in [1.165, 1.54) is 5.56 Å². The minimum absolute atomic E-state index is 0.234. The fourth-order valence-corrected chi connectivity index (χ4v) is 5.22. The lowest BCUT2D eigenvalue weighted by molar-refractivity contribution is 0.210. The van der Waals surface area contributed by atoms with Gasteiger partial charge in [-0.3, -0.25) is 4.72 Å². The van der Waals surface area contributed by atoms with Crippen molar-refractivity contribution in [3.05, 3.63) is 58.3 Å². The topological polar surface area (TPSA) is 59.3 Å². The summed E-state index contributed by atoms with van der Waals surface area (Å²) in [6.45, 7) is 6.84. The maximum absolute atomic E-state index is 12.7. The first-order valence-electron chi connectivity index (χ1n) is 9.46. The lowest BCUT2D eigenvalue weighted by Gasteiger charge is -2.33. The van der Waals surface area contributed by atoms with Gasteiger partial charge < -0.3 is 4.42 Å². The van der Waals surface area contributed by atoms with Crippen LogP contribution in [0, 0.1) is 11.3 Å². The van der Waals surface area contributed by atoms with Crippen molar-refractivity contribution in [2.75, 3.05) is 4.72 Å². The summed E-state index contributed by atoms with van der Waals surface area (Å²) in [5, 5.41) is 1.01. The third-order valence-corrected chi connectivity index (χ3v) is 7.57.